The van der Waals surface area contributed by atoms with Gasteiger partial charge < -0.3 is 4.90 Å². The molecule has 0 aromatic heterocycles. The summed E-state index contributed by atoms with van der Waals surface area (Å²) in [5.41, 5.74) is -0.179. The molecule has 1 aliphatic heterocycles. The first-order chi connectivity index (χ1) is 11.5. The molecule has 1 amide bonds. The van der Waals surface area contributed by atoms with E-state index >= 15 is 0 Å². The second-order valence-electron chi connectivity index (χ2n) is 6.10. The number of hydrogen-bond donors (Lipinski definition) is 1. The van der Waals surface area contributed by atoms with Gasteiger partial charge in [-0.3, -0.25) is 9.69 Å². The van der Waals surface area contributed by atoms with Crippen molar-refractivity contribution in [1.82, 2.24) is 4.90 Å². The number of amides is 1. The van der Waals surface area contributed by atoms with E-state index in [1.807, 2.05) is 0 Å². The largest absolute Gasteiger partial charge is 0.334 e. The highest BCUT2D eigenvalue weighted by molar-refractivity contribution is 7.89. The molecule has 0 unspecified atom stereocenters. The Labute approximate surface area is 157 Å². The van der Waals surface area contributed by atoms with E-state index < -0.39 is 15.6 Å². The Kier molecular flexibility index (Phi) is 5.39. The van der Waals surface area contributed by atoms with Gasteiger partial charge in [-0.25, -0.2) is 18.4 Å². The highest BCUT2D eigenvalue weighted by Crippen LogP contribution is 2.36. The predicted molar refractivity (Wildman–Crippen MR) is 101 cm³/mol. The quantitative estimate of drug-likeness (QED) is 0.605. The number of thiocarbonyl (C=S) groups is 1. The number of halogens is 1. The number of anilines is 1. The van der Waals surface area contributed by atoms with E-state index in [2.05, 4.69) is 4.85 Å². The van der Waals surface area contributed by atoms with Crippen LogP contribution >= 0.6 is 23.8 Å². The smallest absolute Gasteiger partial charge is 0.258 e. The van der Waals surface area contributed by atoms with Crippen LogP contribution in [0.4, 0.5) is 11.4 Å². The average Bonchev–Trinajstić information content (AvgIpc) is 2.66. The highest BCUT2D eigenvalue weighted by atomic mass is 35.5. The summed E-state index contributed by atoms with van der Waals surface area (Å²) >= 11 is 11.5. The van der Waals surface area contributed by atoms with Gasteiger partial charge in [0.25, 0.3) is 5.91 Å². The summed E-state index contributed by atoms with van der Waals surface area (Å²) in [5.74, 6) is -0.443. The Morgan fingerprint density at radius 1 is 1.40 bits per heavy atom. The summed E-state index contributed by atoms with van der Waals surface area (Å²) in [4.78, 5) is 19.1. The lowest BCUT2D eigenvalue weighted by molar-refractivity contribution is -0.123. The number of benzene rings is 1. The van der Waals surface area contributed by atoms with Crippen molar-refractivity contribution in [2.45, 2.75) is 25.8 Å². The lowest BCUT2D eigenvalue weighted by atomic mass is 10.0. The SMILES string of the molecule is [C-]#[N+]c1ccc(N2C(=O)C(C)(C)N(CCCS(N)(=O)=O)C2=S)cc1Cl. The number of nitrogens with two attached hydrogens (primary N) is 1. The molecule has 0 spiro atoms. The minimum absolute atomic E-state index is 0.193. The van der Waals surface area contributed by atoms with Crippen molar-refractivity contribution in [2.75, 3.05) is 17.2 Å². The minimum Gasteiger partial charge on any atom is -0.334 e. The van der Waals surface area contributed by atoms with E-state index in [0.717, 1.165) is 0 Å². The maximum Gasteiger partial charge on any atom is 0.258 e. The maximum atomic E-state index is 12.8. The van der Waals surface area contributed by atoms with Crippen LogP contribution in [0.15, 0.2) is 18.2 Å². The molecule has 1 aromatic rings. The van der Waals surface area contributed by atoms with Gasteiger partial charge >= 0.3 is 0 Å². The van der Waals surface area contributed by atoms with Crippen LogP contribution in [0.1, 0.15) is 20.3 Å². The summed E-state index contributed by atoms with van der Waals surface area (Å²) in [6.07, 6.45) is 0.251. The molecule has 1 aromatic carbocycles. The molecule has 134 valence electrons. The van der Waals surface area contributed by atoms with Gasteiger partial charge in [-0.1, -0.05) is 17.7 Å². The fourth-order valence-corrected chi connectivity index (χ4v) is 3.84. The van der Waals surface area contributed by atoms with Crippen molar-refractivity contribution in [2.24, 2.45) is 5.14 Å². The van der Waals surface area contributed by atoms with Crippen molar-refractivity contribution in [3.8, 4) is 0 Å². The predicted octanol–water partition coefficient (Wildman–Crippen LogP) is 2.28. The molecule has 1 aliphatic rings. The van der Waals surface area contributed by atoms with Gasteiger partial charge in [0.1, 0.15) is 5.54 Å². The Morgan fingerprint density at radius 3 is 2.56 bits per heavy atom. The molecular weight excluding hydrogens is 384 g/mol. The van der Waals surface area contributed by atoms with Crippen molar-refractivity contribution in [3.63, 3.8) is 0 Å². The van der Waals surface area contributed by atoms with Gasteiger partial charge in [-0.05, 0) is 44.6 Å². The third kappa shape index (κ3) is 3.93. The molecule has 0 saturated carbocycles. The summed E-state index contributed by atoms with van der Waals surface area (Å²) in [6.45, 7) is 10.7. The van der Waals surface area contributed by atoms with Gasteiger partial charge in [0, 0.05) is 11.6 Å². The second kappa shape index (κ2) is 6.88. The van der Waals surface area contributed by atoms with E-state index in [1.54, 1.807) is 24.8 Å². The first-order valence-electron chi connectivity index (χ1n) is 7.32. The van der Waals surface area contributed by atoms with Crippen molar-refractivity contribution < 1.29 is 13.2 Å². The highest BCUT2D eigenvalue weighted by Gasteiger charge is 2.49. The topological polar surface area (TPSA) is 88.1 Å². The van der Waals surface area contributed by atoms with E-state index in [9.17, 15) is 13.2 Å². The second-order valence-corrected chi connectivity index (χ2v) is 8.61. The molecule has 1 heterocycles. The number of rotatable bonds is 5. The molecule has 25 heavy (non-hydrogen) atoms. The number of carbonyl (C=O) groups excluding carboxylic acids is 1. The standard InChI is InChI=1S/C15H17ClN4O3S2/c1-15(2)13(21)20(10-5-6-12(18-3)11(16)9-10)14(24)19(15)7-4-8-25(17,22)23/h5-6,9H,4,7-8H2,1-2H3,(H2,17,22,23). The van der Waals surface area contributed by atoms with Gasteiger partial charge in [-0.15, -0.1) is 0 Å². The van der Waals surface area contributed by atoms with Crippen LogP contribution in [0.2, 0.25) is 5.02 Å². The number of nitrogens with zero attached hydrogens (tertiary/aromatic N) is 3. The van der Waals surface area contributed by atoms with E-state index in [0.29, 0.717) is 5.69 Å². The molecule has 10 heteroatoms. The molecule has 2 N–H and O–H groups in total. The van der Waals surface area contributed by atoms with Crippen molar-refractivity contribution in [3.05, 3.63) is 34.6 Å². The third-order valence-corrected chi connectivity index (χ3v) is 5.51. The van der Waals surface area contributed by atoms with Crippen LogP contribution in [-0.4, -0.2) is 42.2 Å². The zero-order valence-corrected chi connectivity index (χ0v) is 16.1. The lowest BCUT2D eigenvalue weighted by Crippen LogP contribution is -2.45. The fraction of sp³-hybridized carbons (Fsp3) is 0.400. The fourth-order valence-electron chi connectivity index (χ4n) is 2.59. The Morgan fingerprint density at radius 2 is 2.04 bits per heavy atom. The number of primary sulfonamides is 1. The zero-order chi connectivity index (χ0) is 19.0. The number of carbonyl (C=O) groups is 1. The number of sulfonamides is 1. The molecule has 1 saturated heterocycles. The first-order valence-corrected chi connectivity index (χ1v) is 9.83. The van der Waals surface area contributed by atoms with Crippen LogP contribution < -0.4 is 10.0 Å². The minimum atomic E-state index is -3.58. The van der Waals surface area contributed by atoms with Gasteiger partial charge in [0.2, 0.25) is 15.7 Å². The van der Waals surface area contributed by atoms with E-state index in [1.165, 1.54) is 17.0 Å². The lowest BCUT2D eigenvalue weighted by Gasteiger charge is -2.29. The average molecular weight is 401 g/mol. The van der Waals surface area contributed by atoms with E-state index in [4.69, 9.17) is 35.5 Å². The number of hydrogen-bond acceptors (Lipinski definition) is 4. The zero-order valence-electron chi connectivity index (χ0n) is 13.7. The maximum absolute atomic E-state index is 12.8. The van der Waals surface area contributed by atoms with Crippen LogP contribution in [0, 0.1) is 6.57 Å². The molecule has 0 bridgehead atoms. The van der Waals surface area contributed by atoms with Crippen LogP contribution in [0.3, 0.4) is 0 Å². The Balaban J connectivity index is 2.30. The molecule has 1 fully saturated rings. The van der Waals surface area contributed by atoms with Crippen molar-refractivity contribution in [1.29, 1.82) is 0 Å². The third-order valence-electron chi connectivity index (χ3n) is 3.94. The molecule has 0 atom stereocenters. The summed E-state index contributed by atoms with van der Waals surface area (Å²) in [5, 5.41) is 5.51. The molecule has 7 nitrogen and oxygen atoms in total. The summed E-state index contributed by atoms with van der Waals surface area (Å²) < 4.78 is 22.2. The Hall–Kier alpha value is -1.73. The molecule has 2 rings (SSSR count). The van der Waals surface area contributed by atoms with Gasteiger partial charge in [0.15, 0.2) is 5.11 Å². The summed E-state index contributed by atoms with van der Waals surface area (Å²) in [6, 6.07) is 4.65. The van der Waals surface area contributed by atoms with Crippen LogP contribution in [0.25, 0.3) is 4.85 Å². The van der Waals surface area contributed by atoms with Crippen LogP contribution in [0.5, 0.6) is 0 Å². The van der Waals surface area contributed by atoms with Gasteiger partial charge in [0.05, 0.1) is 18.0 Å². The molecule has 0 radical (unpaired) electrons. The monoisotopic (exact) mass is 400 g/mol. The summed E-state index contributed by atoms with van der Waals surface area (Å²) in [7, 11) is -3.58. The molecule has 0 aliphatic carbocycles. The normalized spacial score (nSPS) is 17.1. The van der Waals surface area contributed by atoms with Crippen molar-refractivity contribution >= 4 is 56.2 Å². The van der Waals surface area contributed by atoms with Crippen LogP contribution in [-0.2, 0) is 14.8 Å². The molecular formula is C15H17ClN4O3S2. The van der Waals surface area contributed by atoms with E-state index in [-0.39, 0.29) is 40.4 Å². The van der Waals surface area contributed by atoms with Gasteiger partial charge in [-0.2, -0.15) is 0 Å². The Bertz CT molecular complexity index is 877. The first kappa shape index (κ1) is 19.6.